The van der Waals surface area contributed by atoms with Gasteiger partial charge in [-0.25, -0.2) is 0 Å². The average Bonchev–Trinajstić information content (AvgIpc) is 2.73. The second-order valence-corrected chi connectivity index (χ2v) is 3.86. The van der Waals surface area contributed by atoms with Crippen LogP contribution in [0.15, 0.2) is 36.6 Å². The first-order valence-corrected chi connectivity index (χ1v) is 4.54. The Morgan fingerprint density at radius 3 is 2.58 bits per heavy atom. The van der Waals surface area contributed by atoms with Crippen molar-refractivity contribution in [2.24, 2.45) is 5.41 Å². The first-order chi connectivity index (χ1) is 5.81. The molecule has 1 spiro atoms. The lowest BCUT2D eigenvalue weighted by Crippen LogP contribution is -2.20. The highest BCUT2D eigenvalue weighted by Crippen LogP contribution is 2.47. The molecule has 0 bridgehead atoms. The molecule has 64 valence electrons. The van der Waals surface area contributed by atoms with Crippen molar-refractivity contribution in [2.45, 2.75) is 12.8 Å². The molecule has 2 rings (SSSR count). The van der Waals surface area contributed by atoms with Crippen LogP contribution in [0, 0.1) is 5.41 Å². The third-order valence-electron chi connectivity index (χ3n) is 2.58. The van der Waals surface area contributed by atoms with E-state index in [0.717, 1.165) is 0 Å². The molecule has 0 aromatic heterocycles. The van der Waals surface area contributed by atoms with E-state index in [1.165, 1.54) is 19.4 Å². The lowest BCUT2D eigenvalue weighted by atomic mass is 10.1. The number of hydrogen-bond acceptors (Lipinski definition) is 1. The van der Waals surface area contributed by atoms with Gasteiger partial charge >= 0.3 is 0 Å². The third kappa shape index (κ3) is 1.60. The summed E-state index contributed by atoms with van der Waals surface area (Å²) in [6.45, 7) is 1.17. The van der Waals surface area contributed by atoms with Crippen LogP contribution in [0.25, 0.3) is 0 Å². The van der Waals surface area contributed by atoms with Crippen molar-refractivity contribution >= 4 is 0 Å². The van der Waals surface area contributed by atoms with Gasteiger partial charge in [-0.05, 0) is 25.1 Å². The summed E-state index contributed by atoms with van der Waals surface area (Å²) < 4.78 is 0. The Bertz CT molecular complexity index is 244. The van der Waals surface area contributed by atoms with Crippen LogP contribution in [0.1, 0.15) is 12.8 Å². The van der Waals surface area contributed by atoms with Crippen LogP contribution >= 0.6 is 0 Å². The molecule has 12 heavy (non-hydrogen) atoms. The molecule has 0 atom stereocenters. The summed E-state index contributed by atoms with van der Waals surface area (Å²) >= 11 is 0. The van der Waals surface area contributed by atoms with Crippen LogP contribution in [0.3, 0.4) is 0 Å². The lowest BCUT2D eigenvalue weighted by molar-refractivity contribution is 0.384. The van der Waals surface area contributed by atoms with Gasteiger partial charge in [-0.3, -0.25) is 0 Å². The van der Waals surface area contributed by atoms with Crippen LogP contribution in [0.2, 0.25) is 0 Å². The van der Waals surface area contributed by atoms with E-state index in [0.29, 0.717) is 5.41 Å². The van der Waals surface area contributed by atoms with E-state index in [4.69, 9.17) is 0 Å². The van der Waals surface area contributed by atoms with Gasteiger partial charge in [0.1, 0.15) is 0 Å². The molecule has 2 aliphatic rings. The van der Waals surface area contributed by atoms with E-state index < -0.39 is 0 Å². The molecule has 1 saturated carbocycles. The summed E-state index contributed by atoms with van der Waals surface area (Å²) in [4.78, 5) is 2.27. The van der Waals surface area contributed by atoms with Gasteiger partial charge in [0.15, 0.2) is 0 Å². The van der Waals surface area contributed by atoms with Crippen LogP contribution in [0.4, 0.5) is 0 Å². The van der Waals surface area contributed by atoms with E-state index in [1.54, 1.807) is 0 Å². The fourth-order valence-electron chi connectivity index (χ4n) is 1.67. The number of nitrogens with zero attached hydrogens (tertiary/aromatic N) is 1. The van der Waals surface area contributed by atoms with E-state index >= 15 is 0 Å². The number of hydrogen-bond donors (Lipinski definition) is 0. The first kappa shape index (κ1) is 7.66. The first-order valence-electron chi connectivity index (χ1n) is 4.54. The second kappa shape index (κ2) is 2.81. The predicted octanol–water partition coefficient (Wildman–Crippen LogP) is 2.34. The minimum Gasteiger partial charge on any atom is -0.380 e. The second-order valence-electron chi connectivity index (χ2n) is 3.86. The van der Waals surface area contributed by atoms with Gasteiger partial charge in [-0.2, -0.15) is 0 Å². The van der Waals surface area contributed by atoms with Crippen LogP contribution < -0.4 is 0 Å². The van der Waals surface area contributed by atoms with Gasteiger partial charge in [0.2, 0.25) is 0 Å². The zero-order valence-electron chi connectivity index (χ0n) is 7.53. The van der Waals surface area contributed by atoms with Gasteiger partial charge in [-0.1, -0.05) is 24.3 Å². The standard InChI is InChI=1S/C11H15N/c1-12-9-5-3-2-4-6-11(10-12)7-8-11/h2-6,9H,7-8,10H2,1H3/b3-2-,6-4-,9-5-. The molecule has 1 heterocycles. The molecular weight excluding hydrogens is 146 g/mol. The predicted molar refractivity (Wildman–Crippen MR) is 51.7 cm³/mol. The Morgan fingerprint density at radius 2 is 1.83 bits per heavy atom. The van der Waals surface area contributed by atoms with Crippen LogP contribution in [-0.4, -0.2) is 18.5 Å². The number of rotatable bonds is 0. The van der Waals surface area contributed by atoms with Gasteiger partial charge in [-0.15, -0.1) is 0 Å². The fourth-order valence-corrected chi connectivity index (χ4v) is 1.67. The van der Waals surface area contributed by atoms with Crippen molar-refractivity contribution in [3.8, 4) is 0 Å². The lowest BCUT2D eigenvalue weighted by Gasteiger charge is -2.18. The molecule has 1 aliphatic carbocycles. The highest BCUT2D eigenvalue weighted by atomic mass is 15.1. The summed E-state index contributed by atoms with van der Waals surface area (Å²) in [7, 11) is 2.14. The van der Waals surface area contributed by atoms with Crippen molar-refractivity contribution < 1.29 is 0 Å². The fraction of sp³-hybridized carbons (Fsp3) is 0.455. The highest BCUT2D eigenvalue weighted by molar-refractivity contribution is 5.20. The molecule has 0 radical (unpaired) electrons. The minimum absolute atomic E-state index is 0.508. The highest BCUT2D eigenvalue weighted by Gasteiger charge is 2.40. The van der Waals surface area contributed by atoms with E-state index in [-0.39, 0.29) is 0 Å². The quantitative estimate of drug-likeness (QED) is 0.527. The van der Waals surface area contributed by atoms with Crippen molar-refractivity contribution in [2.75, 3.05) is 13.6 Å². The Morgan fingerprint density at radius 1 is 1.08 bits per heavy atom. The van der Waals surface area contributed by atoms with Crippen LogP contribution in [0.5, 0.6) is 0 Å². The average molecular weight is 161 g/mol. The van der Waals surface area contributed by atoms with E-state index in [9.17, 15) is 0 Å². The van der Waals surface area contributed by atoms with Crippen LogP contribution in [-0.2, 0) is 0 Å². The molecule has 0 aromatic carbocycles. The Kier molecular flexibility index (Phi) is 1.80. The maximum absolute atomic E-state index is 2.35. The Balaban J connectivity index is 2.15. The summed E-state index contributed by atoms with van der Waals surface area (Å²) in [6.07, 6.45) is 15.7. The minimum atomic E-state index is 0.508. The van der Waals surface area contributed by atoms with Crippen molar-refractivity contribution in [1.82, 2.24) is 4.90 Å². The maximum atomic E-state index is 2.35. The molecule has 1 nitrogen and oxygen atoms in total. The summed E-state index contributed by atoms with van der Waals surface area (Å²) in [5.74, 6) is 0. The zero-order valence-corrected chi connectivity index (χ0v) is 7.53. The SMILES string of the molecule is CN1\C=C/C=C\C=C/C2(CC2)C1. The normalized spacial score (nSPS) is 33.2. The molecule has 1 aliphatic heterocycles. The summed E-state index contributed by atoms with van der Waals surface area (Å²) in [5, 5.41) is 0. The maximum Gasteiger partial charge on any atom is 0.0260 e. The molecule has 1 heteroatoms. The molecule has 0 saturated heterocycles. The Hall–Kier alpha value is -0.980. The molecule has 0 amide bonds. The van der Waals surface area contributed by atoms with Gasteiger partial charge in [0.05, 0.1) is 0 Å². The third-order valence-corrected chi connectivity index (χ3v) is 2.58. The molecule has 0 unspecified atom stereocenters. The number of allylic oxidation sites excluding steroid dienone is 4. The topological polar surface area (TPSA) is 3.24 Å². The van der Waals surface area contributed by atoms with E-state index in [2.05, 4.69) is 48.5 Å². The van der Waals surface area contributed by atoms with E-state index in [1.807, 2.05) is 0 Å². The molecule has 1 fully saturated rings. The molecule has 0 N–H and O–H groups in total. The summed E-state index contributed by atoms with van der Waals surface area (Å²) in [6, 6.07) is 0. The Labute approximate surface area is 74.1 Å². The van der Waals surface area contributed by atoms with Gasteiger partial charge < -0.3 is 4.90 Å². The van der Waals surface area contributed by atoms with Crippen molar-refractivity contribution in [1.29, 1.82) is 0 Å². The largest absolute Gasteiger partial charge is 0.380 e. The monoisotopic (exact) mass is 161 g/mol. The van der Waals surface area contributed by atoms with Gasteiger partial charge in [0, 0.05) is 19.0 Å². The smallest absolute Gasteiger partial charge is 0.0260 e. The van der Waals surface area contributed by atoms with Crippen molar-refractivity contribution in [3.05, 3.63) is 36.6 Å². The summed E-state index contributed by atoms with van der Waals surface area (Å²) in [5.41, 5.74) is 0.508. The molecule has 0 aromatic rings. The van der Waals surface area contributed by atoms with Crippen molar-refractivity contribution in [3.63, 3.8) is 0 Å². The zero-order chi connectivity index (χ0) is 8.44. The molecular formula is C11H15N. The van der Waals surface area contributed by atoms with Gasteiger partial charge in [0.25, 0.3) is 0 Å².